The zero-order valence-electron chi connectivity index (χ0n) is 11.4. The van der Waals surface area contributed by atoms with Crippen LogP contribution in [0.2, 0.25) is 0 Å². The SMILES string of the molecule is COc1ccc(C(=O)NC(CO)CC(C)C)c(Br)c1. The maximum absolute atomic E-state index is 12.1. The number of carbonyl (C=O) groups excluding carboxylic acids is 1. The van der Waals surface area contributed by atoms with E-state index in [1.165, 1.54) is 0 Å². The third kappa shape index (κ3) is 4.84. The Morgan fingerprint density at radius 1 is 1.47 bits per heavy atom. The van der Waals surface area contributed by atoms with Crippen molar-refractivity contribution in [3.05, 3.63) is 28.2 Å². The second-order valence-electron chi connectivity index (χ2n) is 4.83. The Morgan fingerprint density at radius 2 is 2.16 bits per heavy atom. The number of hydrogen-bond acceptors (Lipinski definition) is 3. The molecule has 0 aliphatic carbocycles. The number of halogens is 1. The fraction of sp³-hybridized carbons (Fsp3) is 0.500. The van der Waals surface area contributed by atoms with Gasteiger partial charge in [0.05, 0.1) is 25.3 Å². The highest BCUT2D eigenvalue weighted by Gasteiger charge is 2.16. The van der Waals surface area contributed by atoms with E-state index >= 15 is 0 Å². The van der Waals surface area contributed by atoms with E-state index in [1.807, 2.05) is 0 Å². The lowest BCUT2D eigenvalue weighted by molar-refractivity contribution is 0.0907. The summed E-state index contributed by atoms with van der Waals surface area (Å²) in [5, 5.41) is 12.1. The van der Waals surface area contributed by atoms with Gasteiger partial charge in [-0.25, -0.2) is 0 Å². The van der Waals surface area contributed by atoms with Crippen molar-refractivity contribution in [1.82, 2.24) is 5.32 Å². The molecule has 0 aliphatic rings. The Balaban J connectivity index is 2.77. The second-order valence-corrected chi connectivity index (χ2v) is 5.68. The summed E-state index contributed by atoms with van der Waals surface area (Å²) in [6, 6.07) is 4.95. The Morgan fingerprint density at radius 3 is 2.63 bits per heavy atom. The molecule has 1 amide bonds. The van der Waals surface area contributed by atoms with E-state index in [1.54, 1.807) is 25.3 Å². The fourth-order valence-corrected chi connectivity index (χ4v) is 2.36. The van der Waals surface area contributed by atoms with Crippen LogP contribution in [0, 0.1) is 5.92 Å². The number of carbonyl (C=O) groups is 1. The molecule has 0 bridgehead atoms. The van der Waals surface area contributed by atoms with Gasteiger partial charge < -0.3 is 15.2 Å². The molecule has 0 spiro atoms. The summed E-state index contributed by atoms with van der Waals surface area (Å²) in [5.74, 6) is 0.898. The number of aliphatic hydroxyl groups excluding tert-OH is 1. The van der Waals surface area contributed by atoms with Gasteiger partial charge in [0.1, 0.15) is 5.75 Å². The molecule has 1 unspecified atom stereocenters. The van der Waals surface area contributed by atoms with E-state index in [0.717, 1.165) is 6.42 Å². The summed E-state index contributed by atoms with van der Waals surface area (Å²) in [4.78, 5) is 12.1. The van der Waals surface area contributed by atoms with E-state index in [4.69, 9.17) is 4.74 Å². The van der Waals surface area contributed by atoms with Crippen LogP contribution >= 0.6 is 15.9 Å². The van der Waals surface area contributed by atoms with E-state index in [0.29, 0.717) is 21.7 Å². The standard InChI is InChI=1S/C14H20BrNO3/c1-9(2)6-10(8-17)16-14(18)12-5-4-11(19-3)7-13(12)15/h4-5,7,9-10,17H,6,8H2,1-3H3,(H,16,18). The molecule has 0 radical (unpaired) electrons. The molecule has 0 fully saturated rings. The minimum atomic E-state index is -0.221. The Kier molecular flexibility index (Phi) is 6.31. The number of aliphatic hydroxyl groups is 1. The van der Waals surface area contributed by atoms with Crippen LogP contribution in [0.4, 0.5) is 0 Å². The topological polar surface area (TPSA) is 58.6 Å². The van der Waals surface area contributed by atoms with Crippen molar-refractivity contribution in [3.8, 4) is 5.75 Å². The molecule has 5 heteroatoms. The van der Waals surface area contributed by atoms with E-state index in [2.05, 4.69) is 35.1 Å². The predicted octanol–water partition coefficient (Wildman–Crippen LogP) is 2.59. The van der Waals surface area contributed by atoms with Gasteiger partial charge >= 0.3 is 0 Å². The molecule has 19 heavy (non-hydrogen) atoms. The number of nitrogens with one attached hydrogen (secondary N) is 1. The first-order chi connectivity index (χ1) is 8.97. The molecule has 0 aromatic heterocycles. The molecule has 0 aliphatic heterocycles. The molecule has 2 N–H and O–H groups in total. The summed E-state index contributed by atoms with van der Waals surface area (Å²) in [5.41, 5.74) is 0.531. The van der Waals surface area contributed by atoms with E-state index in [-0.39, 0.29) is 18.6 Å². The van der Waals surface area contributed by atoms with Crippen molar-refractivity contribution >= 4 is 21.8 Å². The lowest BCUT2D eigenvalue weighted by Crippen LogP contribution is -2.38. The summed E-state index contributed by atoms with van der Waals surface area (Å²) >= 11 is 3.35. The number of ether oxygens (including phenoxy) is 1. The molecular formula is C14H20BrNO3. The smallest absolute Gasteiger partial charge is 0.252 e. The minimum Gasteiger partial charge on any atom is -0.497 e. The van der Waals surface area contributed by atoms with E-state index < -0.39 is 0 Å². The molecule has 1 aromatic rings. The molecule has 4 nitrogen and oxygen atoms in total. The Hall–Kier alpha value is -1.07. The van der Waals surface area contributed by atoms with Crippen molar-refractivity contribution in [3.63, 3.8) is 0 Å². The molecule has 0 heterocycles. The van der Waals surface area contributed by atoms with Crippen LogP contribution < -0.4 is 10.1 Å². The molecular weight excluding hydrogens is 310 g/mol. The van der Waals surface area contributed by atoms with E-state index in [9.17, 15) is 9.90 Å². The summed E-state index contributed by atoms with van der Waals surface area (Å²) in [7, 11) is 1.58. The van der Waals surface area contributed by atoms with Crippen LogP contribution in [0.1, 0.15) is 30.6 Å². The van der Waals surface area contributed by atoms with Crippen molar-refractivity contribution in [2.75, 3.05) is 13.7 Å². The third-order valence-corrected chi connectivity index (χ3v) is 3.39. The molecule has 1 rings (SSSR count). The molecule has 1 atom stereocenters. The van der Waals surface area contributed by atoms with Crippen LogP contribution in [0.3, 0.4) is 0 Å². The summed E-state index contributed by atoms with van der Waals surface area (Å²) in [6.45, 7) is 4.05. The number of benzene rings is 1. The molecule has 0 saturated heterocycles. The van der Waals surface area contributed by atoms with Gasteiger partial charge in [-0.2, -0.15) is 0 Å². The van der Waals surface area contributed by atoms with Crippen LogP contribution in [-0.4, -0.2) is 30.8 Å². The number of methoxy groups -OCH3 is 1. The fourth-order valence-electron chi connectivity index (χ4n) is 1.82. The van der Waals surface area contributed by atoms with Crippen molar-refractivity contribution in [1.29, 1.82) is 0 Å². The van der Waals surface area contributed by atoms with Gasteiger partial charge in [-0.1, -0.05) is 13.8 Å². The first-order valence-corrected chi connectivity index (χ1v) is 7.02. The highest BCUT2D eigenvalue weighted by Crippen LogP contribution is 2.23. The zero-order valence-corrected chi connectivity index (χ0v) is 13.0. The number of amides is 1. The van der Waals surface area contributed by atoms with Gasteiger partial charge in [0, 0.05) is 4.47 Å². The zero-order chi connectivity index (χ0) is 14.4. The highest BCUT2D eigenvalue weighted by molar-refractivity contribution is 9.10. The van der Waals surface area contributed by atoms with Crippen LogP contribution in [0.5, 0.6) is 5.75 Å². The highest BCUT2D eigenvalue weighted by atomic mass is 79.9. The predicted molar refractivity (Wildman–Crippen MR) is 78.5 cm³/mol. The van der Waals surface area contributed by atoms with Gasteiger partial charge in [-0.05, 0) is 46.5 Å². The number of hydrogen-bond donors (Lipinski definition) is 2. The molecule has 106 valence electrons. The normalized spacial score (nSPS) is 12.3. The van der Waals surface area contributed by atoms with Gasteiger partial charge in [0.25, 0.3) is 5.91 Å². The number of rotatable bonds is 6. The van der Waals surface area contributed by atoms with Gasteiger partial charge in [0.15, 0.2) is 0 Å². The van der Waals surface area contributed by atoms with Crippen molar-refractivity contribution < 1.29 is 14.6 Å². The quantitative estimate of drug-likeness (QED) is 0.843. The summed E-state index contributed by atoms with van der Waals surface area (Å²) in [6.07, 6.45) is 0.746. The maximum atomic E-state index is 12.1. The molecule has 0 saturated carbocycles. The first kappa shape index (κ1) is 16.0. The maximum Gasteiger partial charge on any atom is 0.252 e. The largest absolute Gasteiger partial charge is 0.497 e. The van der Waals surface area contributed by atoms with Gasteiger partial charge in [0.2, 0.25) is 0 Å². The average Bonchev–Trinajstić information content (AvgIpc) is 2.36. The first-order valence-electron chi connectivity index (χ1n) is 6.23. The Bertz CT molecular complexity index is 435. The van der Waals surface area contributed by atoms with Crippen molar-refractivity contribution in [2.45, 2.75) is 26.3 Å². The van der Waals surface area contributed by atoms with Crippen molar-refractivity contribution in [2.24, 2.45) is 5.92 Å². The molecule has 1 aromatic carbocycles. The second kappa shape index (κ2) is 7.50. The van der Waals surface area contributed by atoms with Gasteiger partial charge in [-0.15, -0.1) is 0 Å². The monoisotopic (exact) mass is 329 g/mol. The average molecular weight is 330 g/mol. The van der Waals surface area contributed by atoms with Crippen LogP contribution in [0.25, 0.3) is 0 Å². The lowest BCUT2D eigenvalue weighted by atomic mass is 10.0. The lowest BCUT2D eigenvalue weighted by Gasteiger charge is -2.18. The summed E-state index contributed by atoms with van der Waals surface area (Å²) < 4.78 is 5.75. The minimum absolute atomic E-state index is 0.0578. The Labute approximate surface area is 122 Å². The van der Waals surface area contributed by atoms with Crippen LogP contribution in [0.15, 0.2) is 22.7 Å². The van der Waals surface area contributed by atoms with Crippen LogP contribution in [-0.2, 0) is 0 Å². The third-order valence-electron chi connectivity index (χ3n) is 2.73. The van der Waals surface area contributed by atoms with Gasteiger partial charge in [-0.3, -0.25) is 4.79 Å².